The number of hydrogen-bond acceptors (Lipinski definition) is 6. The van der Waals surface area contributed by atoms with E-state index in [4.69, 9.17) is 4.74 Å². The molecule has 1 aliphatic heterocycles. The number of carbonyl (C=O) groups is 1. The number of hydrogen-bond donors (Lipinski definition) is 2. The first-order valence-corrected chi connectivity index (χ1v) is 11.4. The van der Waals surface area contributed by atoms with Crippen molar-refractivity contribution >= 4 is 28.2 Å². The predicted molar refractivity (Wildman–Crippen MR) is 123 cm³/mol. The lowest BCUT2D eigenvalue weighted by atomic mass is 10.00. The fourth-order valence-corrected chi connectivity index (χ4v) is 5.08. The summed E-state index contributed by atoms with van der Waals surface area (Å²) in [6, 6.07) is 13.3. The number of piperazine rings is 1. The van der Waals surface area contributed by atoms with Gasteiger partial charge in [0.15, 0.2) is 5.75 Å². The van der Waals surface area contributed by atoms with Crippen LogP contribution in [0.1, 0.15) is 23.4 Å². The monoisotopic (exact) mass is 450 g/mol. The van der Waals surface area contributed by atoms with Gasteiger partial charge in [0.1, 0.15) is 11.3 Å². The molecule has 164 valence electrons. The molecule has 1 fully saturated rings. The second-order valence-electron chi connectivity index (χ2n) is 7.91. The van der Waals surface area contributed by atoms with Gasteiger partial charge in [0, 0.05) is 48.9 Å². The molecule has 1 atom stereocenters. The number of nitrogens with zero attached hydrogens (tertiary/aromatic N) is 2. The van der Waals surface area contributed by atoms with Crippen molar-refractivity contribution in [2.45, 2.75) is 19.5 Å². The van der Waals surface area contributed by atoms with Crippen molar-refractivity contribution < 1.29 is 13.9 Å². The van der Waals surface area contributed by atoms with E-state index >= 15 is 0 Å². The highest BCUT2D eigenvalue weighted by Crippen LogP contribution is 2.33. The third kappa shape index (κ3) is 4.17. The number of H-pyrrole nitrogens is 1. The number of fused-ring (bicyclic) bond motifs is 1. The van der Waals surface area contributed by atoms with Gasteiger partial charge in [-0.3, -0.25) is 14.8 Å². The number of aromatic amines is 1. The van der Waals surface area contributed by atoms with Gasteiger partial charge in [-0.05, 0) is 46.8 Å². The normalized spacial score (nSPS) is 17.0. The van der Waals surface area contributed by atoms with E-state index in [1.54, 1.807) is 29.7 Å². The molecule has 0 spiro atoms. The minimum Gasteiger partial charge on any atom is -0.424 e. The van der Waals surface area contributed by atoms with E-state index in [1.807, 2.05) is 12.1 Å². The van der Waals surface area contributed by atoms with Crippen LogP contribution in [0.2, 0.25) is 0 Å². The quantitative estimate of drug-likeness (QED) is 0.346. The maximum atomic E-state index is 14.8. The summed E-state index contributed by atoms with van der Waals surface area (Å²) in [5.41, 5.74) is 3.01. The standard InChI is InChI=1S/C24H23FN4O2S/c1-15(30)31-22-11-17(10-18-12-27-28-24(18)22)16-4-5-20(25)19(9-16)14-29-7-6-26-13-21(29)23-3-2-8-32-23/h2-5,8-12,21,26H,6-7,13-14H2,1H3,(H,27,28)/t21-/m1/s1. The number of thiophene rings is 1. The molecule has 5 rings (SSSR count). The lowest BCUT2D eigenvalue weighted by Gasteiger charge is -2.35. The number of rotatable bonds is 5. The highest BCUT2D eigenvalue weighted by atomic mass is 32.1. The third-order valence-electron chi connectivity index (χ3n) is 5.74. The Kier molecular flexibility index (Phi) is 5.73. The zero-order valence-electron chi connectivity index (χ0n) is 17.6. The molecule has 0 saturated carbocycles. The van der Waals surface area contributed by atoms with Gasteiger partial charge >= 0.3 is 5.97 Å². The van der Waals surface area contributed by atoms with Crippen LogP contribution in [0, 0.1) is 5.82 Å². The van der Waals surface area contributed by atoms with Gasteiger partial charge in [-0.25, -0.2) is 4.39 Å². The molecular weight excluding hydrogens is 427 g/mol. The molecule has 32 heavy (non-hydrogen) atoms. The lowest BCUT2D eigenvalue weighted by molar-refractivity contribution is -0.131. The van der Waals surface area contributed by atoms with E-state index in [0.717, 1.165) is 36.1 Å². The largest absolute Gasteiger partial charge is 0.424 e. The average Bonchev–Trinajstić information content (AvgIpc) is 3.47. The van der Waals surface area contributed by atoms with Gasteiger partial charge < -0.3 is 10.1 Å². The molecule has 4 aromatic rings. The van der Waals surface area contributed by atoms with Crippen LogP contribution in [0.3, 0.4) is 0 Å². The fraction of sp³-hybridized carbons (Fsp3) is 0.250. The first-order chi connectivity index (χ1) is 15.6. The number of ether oxygens (including phenoxy) is 1. The topological polar surface area (TPSA) is 70.2 Å². The molecule has 2 N–H and O–H groups in total. The summed E-state index contributed by atoms with van der Waals surface area (Å²) in [5.74, 6) is -0.216. The molecule has 1 saturated heterocycles. The molecule has 2 aromatic heterocycles. The van der Waals surface area contributed by atoms with Gasteiger partial charge in [0.05, 0.1) is 12.2 Å². The Balaban J connectivity index is 1.48. The molecule has 0 radical (unpaired) electrons. The molecule has 1 aliphatic rings. The van der Waals surface area contributed by atoms with Crippen LogP contribution in [0.15, 0.2) is 54.0 Å². The van der Waals surface area contributed by atoms with Gasteiger partial charge in [-0.2, -0.15) is 5.10 Å². The van der Waals surface area contributed by atoms with E-state index < -0.39 is 5.97 Å². The van der Waals surface area contributed by atoms with Crippen LogP contribution in [-0.4, -0.2) is 40.7 Å². The highest BCUT2D eigenvalue weighted by Gasteiger charge is 2.25. The summed E-state index contributed by atoms with van der Waals surface area (Å²) in [6.07, 6.45) is 1.68. The highest BCUT2D eigenvalue weighted by molar-refractivity contribution is 7.10. The van der Waals surface area contributed by atoms with Crippen LogP contribution in [0.5, 0.6) is 5.75 Å². The van der Waals surface area contributed by atoms with Crippen LogP contribution in [0.25, 0.3) is 22.0 Å². The van der Waals surface area contributed by atoms with E-state index in [0.29, 0.717) is 23.4 Å². The number of carbonyl (C=O) groups excluding carboxylic acids is 1. The minimum atomic E-state index is -0.406. The molecule has 0 aliphatic carbocycles. The Morgan fingerprint density at radius 3 is 3.00 bits per heavy atom. The Morgan fingerprint density at radius 2 is 2.19 bits per heavy atom. The second-order valence-corrected chi connectivity index (χ2v) is 8.89. The van der Waals surface area contributed by atoms with Gasteiger partial charge in [0.25, 0.3) is 0 Å². The third-order valence-corrected chi connectivity index (χ3v) is 6.72. The van der Waals surface area contributed by atoms with Gasteiger partial charge in [-0.1, -0.05) is 12.1 Å². The first kappa shape index (κ1) is 20.8. The van der Waals surface area contributed by atoms with Crippen LogP contribution < -0.4 is 10.1 Å². The Morgan fingerprint density at radius 1 is 1.28 bits per heavy atom. The maximum Gasteiger partial charge on any atom is 0.308 e. The van der Waals surface area contributed by atoms with Crippen molar-refractivity contribution in [2.75, 3.05) is 19.6 Å². The molecule has 2 aromatic carbocycles. The van der Waals surface area contributed by atoms with E-state index in [-0.39, 0.29) is 11.9 Å². The lowest BCUT2D eigenvalue weighted by Crippen LogP contribution is -2.45. The molecular formula is C24H23FN4O2S. The minimum absolute atomic E-state index is 0.221. The van der Waals surface area contributed by atoms with Crippen molar-refractivity contribution in [2.24, 2.45) is 0 Å². The van der Waals surface area contributed by atoms with Crippen molar-refractivity contribution in [3.05, 3.63) is 70.3 Å². The zero-order chi connectivity index (χ0) is 22.1. The van der Waals surface area contributed by atoms with Crippen LogP contribution in [0.4, 0.5) is 4.39 Å². The SMILES string of the molecule is CC(=O)Oc1cc(-c2ccc(F)c(CN3CCNC[C@@H]3c3cccs3)c2)cc2cn[nH]c12. The smallest absolute Gasteiger partial charge is 0.308 e. The van der Waals surface area contributed by atoms with E-state index in [1.165, 1.54) is 17.9 Å². The van der Waals surface area contributed by atoms with Gasteiger partial charge in [-0.15, -0.1) is 11.3 Å². The van der Waals surface area contributed by atoms with E-state index in [9.17, 15) is 9.18 Å². The molecule has 0 unspecified atom stereocenters. The molecule has 0 amide bonds. The summed E-state index contributed by atoms with van der Waals surface area (Å²) in [7, 11) is 0. The Labute approximate surface area is 189 Å². The summed E-state index contributed by atoms with van der Waals surface area (Å²) in [4.78, 5) is 15.2. The Hall–Kier alpha value is -3.07. The molecule has 6 nitrogen and oxygen atoms in total. The van der Waals surface area contributed by atoms with Crippen molar-refractivity contribution in [1.82, 2.24) is 20.4 Å². The molecule has 3 heterocycles. The number of aromatic nitrogens is 2. The maximum absolute atomic E-state index is 14.8. The summed E-state index contributed by atoms with van der Waals surface area (Å²) < 4.78 is 20.2. The van der Waals surface area contributed by atoms with Crippen LogP contribution >= 0.6 is 11.3 Å². The average molecular weight is 451 g/mol. The number of nitrogens with one attached hydrogen (secondary N) is 2. The summed E-state index contributed by atoms with van der Waals surface area (Å²) in [6.45, 7) is 4.47. The summed E-state index contributed by atoms with van der Waals surface area (Å²) in [5, 5.41) is 13.3. The number of esters is 1. The predicted octanol–water partition coefficient (Wildman–Crippen LogP) is 4.50. The van der Waals surface area contributed by atoms with Gasteiger partial charge in [0.2, 0.25) is 0 Å². The van der Waals surface area contributed by atoms with E-state index in [2.05, 4.69) is 37.9 Å². The zero-order valence-corrected chi connectivity index (χ0v) is 18.4. The number of halogens is 1. The molecule has 8 heteroatoms. The van der Waals surface area contributed by atoms with Crippen molar-refractivity contribution in [3.8, 4) is 16.9 Å². The molecule has 0 bridgehead atoms. The number of benzene rings is 2. The fourth-order valence-electron chi connectivity index (χ4n) is 4.22. The van der Waals surface area contributed by atoms with Crippen LogP contribution in [-0.2, 0) is 11.3 Å². The van der Waals surface area contributed by atoms with Crippen molar-refractivity contribution in [3.63, 3.8) is 0 Å². The Bertz CT molecular complexity index is 1250. The first-order valence-electron chi connectivity index (χ1n) is 10.5. The second kappa shape index (κ2) is 8.82. The summed E-state index contributed by atoms with van der Waals surface area (Å²) >= 11 is 1.73. The van der Waals surface area contributed by atoms with Crippen molar-refractivity contribution in [1.29, 1.82) is 0 Å².